The van der Waals surface area contributed by atoms with Crippen molar-refractivity contribution in [2.45, 2.75) is 18.9 Å². The summed E-state index contributed by atoms with van der Waals surface area (Å²) in [6.45, 7) is 8.13. The molecule has 1 saturated heterocycles. The molecular weight excluding hydrogens is 226 g/mol. The molecule has 0 spiro atoms. The van der Waals surface area contributed by atoms with Crippen molar-refractivity contribution in [1.82, 2.24) is 5.32 Å². The summed E-state index contributed by atoms with van der Waals surface area (Å²) in [7, 11) is 0. The van der Waals surface area contributed by atoms with Gasteiger partial charge in [0.2, 0.25) is 5.91 Å². The summed E-state index contributed by atoms with van der Waals surface area (Å²) in [5.41, 5.74) is 2.39. The zero-order valence-corrected chi connectivity index (χ0v) is 10.3. The fourth-order valence-corrected chi connectivity index (χ4v) is 2.08. The standard InChI is InChI=1S/C14H17N3O/c1-3-10-9-11(6-7-12(10)15-2)17-14(18)13-5-4-8-16-13/h3,6-7,9,13,16H,1-2,4-5,8H2,(H,17,18). The van der Waals surface area contributed by atoms with Crippen LogP contribution in [0.2, 0.25) is 0 Å². The molecular formula is C14H17N3O. The fourth-order valence-electron chi connectivity index (χ4n) is 2.08. The predicted molar refractivity (Wildman–Crippen MR) is 75.4 cm³/mol. The second-order valence-corrected chi connectivity index (χ2v) is 4.27. The van der Waals surface area contributed by atoms with E-state index in [4.69, 9.17) is 0 Å². The topological polar surface area (TPSA) is 53.5 Å². The Bertz CT molecular complexity index is 476. The molecule has 1 atom stereocenters. The predicted octanol–water partition coefficient (Wildman–Crippen LogP) is 2.35. The van der Waals surface area contributed by atoms with Crippen LogP contribution in [0.5, 0.6) is 0 Å². The van der Waals surface area contributed by atoms with Gasteiger partial charge in [-0.15, -0.1) is 0 Å². The van der Waals surface area contributed by atoms with Crippen LogP contribution in [0.15, 0.2) is 29.8 Å². The second-order valence-electron chi connectivity index (χ2n) is 4.27. The van der Waals surface area contributed by atoms with Gasteiger partial charge in [0.15, 0.2) is 0 Å². The molecule has 0 aromatic heterocycles. The Balaban J connectivity index is 2.11. The lowest BCUT2D eigenvalue weighted by Gasteiger charge is -2.12. The molecule has 1 heterocycles. The van der Waals surface area contributed by atoms with E-state index >= 15 is 0 Å². The molecule has 18 heavy (non-hydrogen) atoms. The molecule has 0 radical (unpaired) electrons. The molecule has 94 valence electrons. The highest BCUT2D eigenvalue weighted by Crippen LogP contribution is 2.24. The van der Waals surface area contributed by atoms with Crippen molar-refractivity contribution in [3.05, 3.63) is 30.3 Å². The number of anilines is 1. The maximum Gasteiger partial charge on any atom is 0.241 e. The lowest BCUT2D eigenvalue weighted by Crippen LogP contribution is -2.35. The molecule has 0 bridgehead atoms. The largest absolute Gasteiger partial charge is 0.325 e. The number of benzene rings is 1. The fraction of sp³-hybridized carbons (Fsp3) is 0.286. The van der Waals surface area contributed by atoms with Crippen molar-refractivity contribution in [3.8, 4) is 0 Å². The van der Waals surface area contributed by atoms with Gasteiger partial charge in [-0.25, -0.2) is 0 Å². The average Bonchev–Trinajstić information content (AvgIpc) is 2.92. The van der Waals surface area contributed by atoms with E-state index in [9.17, 15) is 4.79 Å². The van der Waals surface area contributed by atoms with E-state index in [1.165, 1.54) is 0 Å². The number of hydrogen-bond donors (Lipinski definition) is 2. The Morgan fingerprint density at radius 1 is 1.56 bits per heavy atom. The first-order chi connectivity index (χ1) is 8.74. The smallest absolute Gasteiger partial charge is 0.241 e. The number of rotatable bonds is 4. The van der Waals surface area contributed by atoms with E-state index in [0.29, 0.717) is 0 Å². The highest BCUT2D eigenvalue weighted by molar-refractivity contribution is 5.95. The number of amides is 1. The summed E-state index contributed by atoms with van der Waals surface area (Å²) in [6, 6.07) is 5.42. The number of nitrogens with zero attached hydrogens (tertiary/aromatic N) is 1. The van der Waals surface area contributed by atoms with Crippen LogP contribution in [0.3, 0.4) is 0 Å². The number of hydrogen-bond acceptors (Lipinski definition) is 3. The summed E-state index contributed by atoms with van der Waals surface area (Å²) >= 11 is 0. The maximum absolute atomic E-state index is 11.9. The molecule has 0 aliphatic carbocycles. The molecule has 1 aromatic rings. The third kappa shape index (κ3) is 2.65. The molecule has 0 saturated carbocycles. The van der Waals surface area contributed by atoms with E-state index in [1.54, 1.807) is 6.08 Å². The highest BCUT2D eigenvalue weighted by atomic mass is 16.2. The highest BCUT2D eigenvalue weighted by Gasteiger charge is 2.21. The summed E-state index contributed by atoms with van der Waals surface area (Å²) in [5, 5.41) is 6.07. The van der Waals surface area contributed by atoms with Crippen molar-refractivity contribution in [2.75, 3.05) is 11.9 Å². The molecule has 1 amide bonds. The Morgan fingerprint density at radius 3 is 3.00 bits per heavy atom. The van der Waals surface area contributed by atoms with Crippen LogP contribution in [0.4, 0.5) is 11.4 Å². The normalized spacial score (nSPS) is 18.3. The Labute approximate surface area is 107 Å². The third-order valence-corrected chi connectivity index (χ3v) is 3.06. The van der Waals surface area contributed by atoms with Gasteiger partial charge in [0.1, 0.15) is 0 Å². The van der Waals surface area contributed by atoms with Crippen LogP contribution in [0.1, 0.15) is 18.4 Å². The molecule has 1 aliphatic rings. The molecule has 2 rings (SSSR count). The molecule has 4 nitrogen and oxygen atoms in total. The molecule has 1 unspecified atom stereocenters. The van der Waals surface area contributed by atoms with Crippen LogP contribution in [0.25, 0.3) is 6.08 Å². The van der Waals surface area contributed by atoms with Gasteiger partial charge >= 0.3 is 0 Å². The number of nitrogens with one attached hydrogen (secondary N) is 2. The number of carbonyl (C=O) groups excluding carboxylic acids is 1. The van der Waals surface area contributed by atoms with Crippen LogP contribution < -0.4 is 10.6 Å². The second kappa shape index (κ2) is 5.60. The van der Waals surface area contributed by atoms with Gasteiger partial charge in [-0.3, -0.25) is 9.79 Å². The van der Waals surface area contributed by atoms with E-state index < -0.39 is 0 Å². The van der Waals surface area contributed by atoms with E-state index in [1.807, 2.05) is 18.2 Å². The van der Waals surface area contributed by atoms with E-state index in [-0.39, 0.29) is 11.9 Å². The Morgan fingerprint density at radius 2 is 2.39 bits per heavy atom. The van der Waals surface area contributed by atoms with Gasteiger partial charge in [-0.1, -0.05) is 12.7 Å². The minimum atomic E-state index is -0.0746. The minimum absolute atomic E-state index is 0.0156. The van der Waals surface area contributed by atoms with Gasteiger partial charge in [-0.2, -0.15) is 0 Å². The van der Waals surface area contributed by atoms with E-state index in [2.05, 4.69) is 28.9 Å². The first-order valence-corrected chi connectivity index (χ1v) is 6.02. The molecule has 4 heteroatoms. The average molecular weight is 243 g/mol. The summed E-state index contributed by atoms with van der Waals surface area (Å²) < 4.78 is 0. The van der Waals surface area contributed by atoms with Crippen molar-refractivity contribution >= 4 is 30.1 Å². The van der Waals surface area contributed by atoms with Gasteiger partial charge in [-0.05, 0) is 44.3 Å². The molecule has 2 N–H and O–H groups in total. The molecule has 1 aromatic carbocycles. The lowest BCUT2D eigenvalue weighted by molar-refractivity contribution is -0.117. The quantitative estimate of drug-likeness (QED) is 0.798. The van der Waals surface area contributed by atoms with Gasteiger partial charge < -0.3 is 10.6 Å². The number of carbonyl (C=O) groups is 1. The lowest BCUT2D eigenvalue weighted by atomic mass is 10.1. The monoisotopic (exact) mass is 243 g/mol. The first-order valence-electron chi connectivity index (χ1n) is 6.02. The first kappa shape index (κ1) is 12.5. The van der Waals surface area contributed by atoms with E-state index in [0.717, 1.165) is 36.3 Å². The number of aliphatic imine (C=N–C) groups is 1. The zero-order chi connectivity index (χ0) is 13.0. The van der Waals surface area contributed by atoms with Crippen molar-refractivity contribution in [1.29, 1.82) is 0 Å². The van der Waals surface area contributed by atoms with Crippen LogP contribution in [0, 0.1) is 0 Å². The summed E-state index contributed by atoms with van der Waals surface area (Å²) in [5.74, 6) is 0.0156. The van der Waals surface area contributed by atoms with Gasteiger partial charge in [0.25, 0.3) is 0 Å². The van der Waals surface area contributed by atoms with Crippen molar-refractivity contribution in [3.63, 3.8) is 0 Å². The summed E-state index contributed by atoms with van der Waals surface area (Å²) in [6.07, 6.45) is 3.65. The molecule has 1 fully saturated rings. The Hall–Kier alpha value is -1.94. The molecule has 1 aliphatic heterocycles. The van der Waals surface area contributed by atoms with Crippen LogP contribution in [-0.4, -0.2) is 25.2 Å². The van der Waals surface area contributed by atoms with Crippen molar-refractivity contribution in [2.24, 2.45) is 4.99 Å². The zero-order valence-electron chi connectivity index (χ0n) is 10.3. The maximum atomic E-state index is 11.9. The van der Waals surface area contributed by atoms with Crippen molar-refractivity contribution < 1.29 is 4.79 Å². The Kier molecular flexibility index (Phi) is 3.89. The minimum Gasteiger partial charge on any atom is -0.325 e. The van der Waals surface area contributed by atoms with Crippen LogP contribution in [-0.2, 0) is 4.79 Å². The SMILES string of the molecule is C=Cc1cc(NC(=O)C2CCCN2)ccc1N=C. The summed E-state index contributed by atoms with van der Waals surface area (Å²) in [4.78, 5) is 15.8. The van der Waals surface area contributed by atoms with Gasteiger partial charge in [0, 0.05) is 11.3 Å². The van der Waals surface area contributed by atoms with Crippen LogP contribution >= 0.6 is 0 Å². The van der Waals surface area contributed by atoms with Gasteiger partial charge in [0.05, 0.1) is 11.7 Å². The third-order valence-electron chi connectivity index (χ3n) is 3.06.